The van der Waals surface area contributed by atoms with E-state index >= 15 is 0 Å². The molecule has 2 aromatic heterocycles. The molecule has 0 unspecified atom stereocenters. The molecule has 0 aliphatic carbocycles. The molecule has 4 heteroatoms. The predicted molar refractivity (Wildman–Crippen MR) is 66.4 cm³/mol. The minimum Gasteiger partial charge on any atom is -0.313 e. The second-order valence-corrected chi connectivity index (χ2v) is 3.99. The van der Waals surface area contributed by atoms with E-state index in [0.717, 1.165) is 5.69 Å². The van der Waals surface area contributed by atoms with E-state index in [4.69, 9.17) is 0 Å². The maximum absolute atomic E-state index is 11.6. The van der Waals surface area contributed by atoms with Gasteiger partial charge >= 0.3 is 0 Å². The van der Waals surface area contributed by atoms with E-state index in [1.807, 2.05) is 35.9 Å². The highest BCUT2D eigenvalue weighted by atomic mass is 16.1. The van der Waals surface area contributed by atoms with Crippen molar-refractivity contribution >= 4 is 11.0 Å². The summed E-state index contributed by atoms with van der Waals surface area (Å²) in [6.45, 7) is 2.04. The molecule has 0 saturated carbocycles. The highest BCUT2D eigenvalue weighted by molar-refractivity contribution is 5.76. The lowest BCUT2D eigenvalue weighted by Crippen LogP contribution is -2.06. The fourth-order valence-electron chi connectivity index (χ4n) is 1.95. The molecule has 0 aliphatic heterocycles. The van der Waals surface area contributed by atoms with Gasteiger partial charge in [-0.25, -0.2) is 4.98 Å². The van der Waals surface area contributed by atoms with Crippen molar-refractivity contribution in [3.05, 3.63) is 58.8 Å². The van der Waals surface area contributed by atoms with Crippen molar-refractivity contribution in [2.75, 3.05) is 0 Å². The molecule has 0 saturated heterocycles. The normalized spacial score (nSPS) is 10.9. The average Bonchev–Trinajstić information content (AvgIpc) is 2.74. The van der Waals surface area contributed by atoms with E-state index in [0.29, 0.717) is 11.0 Å². The molecule has 0 atom stereocenters. The van der Waals surface area contributed by atoms with Crippen molar-refractivity contribution < 1.29 is 0 Å². The molecule has 1 N–H and O–H groups in total. The number of aromatic nitrogens is 3. The van der Waals surface area contributed by atoms with Gasteiger partial charge < -0.3 is 9.55 Å². The molecule has 3 aromatic rings. The van der Waals surface area contributed by atoms with Gasteiger partial charge in [0.15, 0.2) is 5.65 Å². The fourth-order valence-corrected chi connectivity index (χ4v) is 1.95. The zero-order chi connectivity index (χ0) is 11.8. The maximum atomic E-state index is 11.6. The van der Waals surface area contributed by atoms with Crippen molar-refractivity contribution in [3.8, 4) is 5.69 Å². The van der Waals surface area contributed by atoms with Gasteiger partial charge in [-0.05, 0) is 30.7 Å². The summed E-state index contributed by atoms with van der Waals surface area (Å²) in [5.74, 6) is 0. The second kappa shape index (κ2) is 3.59. The predicted octanol–water partition coefficient (Wildman–Crippen LogP) is 2.02. The Morgan fingerprint density at radius 2 is 2.18 bits per heavy atom. The lowest BCUT2D eigenvalue weighted by molar-refractivity contribution is 1.06. The Hall–Kier alpha value is -2.36. The van der Waals surface area contributed by atoms with Crippen LogP contribution < -0.4 is 5.56 Å². The van der Waals surface area contributed by atoms with Gasteiger partial charge in [0.1, 0.15) is 0 Å². The van der Waals surface area contributed by atoms with Gasteiger partial charge in [-0.3, -0.25) is 4.79 Å². The van der Waals surface area contributed by atoms with E-state index in [1.54, 1.807) is 6.07 Å². The summed E-state index contributed by atoms with van der Waals surface area (Å²) >= 11 is 0. The fraction of sp³-hybridized carbons (Fsp3) is 0.0769. The number of nitrogens with one attached hydrogen (secondary N) is 1. The minimum atomic E-state index is -0.110. The summed E-state index contributed by atoms with van der Waals surface area (Å²) in [6, 6.07) is 9.86. The molecule has 2 heterocycles. The monoisotopic (exact) mass is 225 g/mol. The number of H-pyrrole nitrogens is 1. The molecule has 0 spiro atoms. The highest BCUT2D eigenvalue weighted by Gasteiger charge is 2.06. The Kier molecular flexibility index (Phi) is 2.08. The molecule has 3 rings (SSSR count). The minimum absolute atomic E-state index is 0.110. The Labute approximate surface area is 97.6 Å². The molecule has 0 radical (unpaired) electrons. The molecular weight excluding hydrogens is 214 g/mol. The number of aryl methyl sites for hydroxylation is 1. The van der Waals surface area contributed by atoms with Crippen LogP contribution in [0.4, 0.5) is 0 Å². The van der Waals surface area contributed by atoms with E-state index < -0.39 is 0 Å². The standard InChI is InChI=1S/C13H11N3O/c1-9-3-2-4-10(7-9)16-6-5-11-12(16)14-8-15-13(11)17/h2-8H,1H3,(H,14,15,17). The van der Waals surface area contributed by atoms with Crippen LogP contribution >= 0.6 is 0 Å². The maximum Gasteiger partial charge on any atom is 0.260 e. The summed E-state index contributed by atoms with van der Waals surface area (Å²) in [4.78, 5) is 18.4. The van der Waals surface area contributed by atoms with Gasteiger partial charge in [0.2, 0.25) is 0 Å². The van der Waals surface area contributed by atoms with Crippen LogP contribution in [0.15, 0.2) is 47.7 Å². The lowest BCUT2D eigenvalue weighted by Gasteiger charge is -2.04. The first-order valence-electron chi connectivity index (χ1n) is 5.37. The number of benzene rings is 1. The third kappa shape index (κ3) is 1.54. The van der Waals surface area contributed by atoms with Gasteiger partial charge in [-0.2, -0.15) is 0 Å². The summed E-state index contributed by atoms with van der Waals surface area (Å²) in [5, 5.41) is 0.606. The number of rotatable bonds is 1. The summed E-state index contributed by atoms with van der Waals surface area (Å²) in [5.41, 5.74) is 2.76. The first kappa shape index (κ1) is 9.84. The summed E-state index contributed by atoms with van der Waals surface area (Å²) in [7, 11) is 0. The quantitative estimate of drug-likeness (QED) is 0.688. The first-order chi connectivity index (χ1) is 8.25. The molecular formula is C13H11N3O. The van der Waals surface area contributed by atoms with Crippen LogP contribution in [-0.2, 0) is 0 Å². The van der Waals surface area contributed by atoms with Crippen LogP contribution in [0.2, 0.25) is 0 Å². The van der Waals surface area contributed by atoms with Crippen molar-refractivity contribution in [1.29, 1.82) is 0 Å². The van der Waals surface area contributed by atoms with Crippen LogP contribution in [0.1, 0.15) is 5.56 Å². The lowest BCUT2D eigenvalue weighted by atomic mass is 10.2. The zero-order valence-corrected chi connectivity index (χ0v) is 9.34. The Bertz CT molecular complexity index is 740. The van der Waals surface area contributed by atoms with Crippen molar-refractivity contribution in [2.24, 2.45) is 0 Å². The summed E-state index contributed by atoms with van der Waals surface area (Å²) < 4.78 is 1.91. The molecule has 4 nitrogen and oxygen atoms in total. The first-order valence-corrected chi connectivity index (χ1v) is 5.37. The van der Waals surface area contributed by atoms with Gasteiger partial charge in [0, 0.05) is 11.9 Å². The smallest absolute Gasteiger partial charge is 0.260 e. The second-order valence-electron chi connectivity index (χ2n) is 3.99. The van der Waals surface area contributed by atoms with E-state index in [2.05, 4.69) is 16.0 Å². The van der Waals surface area contributed by atoms with Gasteiger partial charge in [-0.1, -0.05) is 12.1 Å². The molecule has 17 heavy (non-hydrogen) atoms. The number of hydrogen-bond acceptors (Lipinski definition) is 2. The Morgan fingerprint density at radius 1 is 1.29 bits per heavy atom. The molecule has 84 valence electrons. The van der Waals surface area contributed by atoms with Crippen LogP contribution in [0.5, 0.6) is 0 Å². The number of fused-ring (bicyclic) bond motifs is 1. The van der Waals surface area contributed by atoms with Crippen molar-refractivity contribution in [2.45, 2.75) is 6.92 Å². The molecule has 0 aliphatic rings. The van der Waals surface area contributed by atoms with E-state index in [-0.39, 0.29) is 5.56 Å². The summed E-state index contributed by atoms with van der Waals surface area (Å²) in [6.07, 6.45) is 3.29. The molecule has 0 fully saturated rings. The number of hydrogen-bond donors (Lipinski definition) is 1. The van der Waals surface area contributed by atoms with Gasteiger partial charge in [0.25, 0.3) is 5.56 Å². The molecule has 1 aromatic carbocycles. The molecule has 0 amide bonds. The third-order valence-electron chi connectivity index (χ3n) is 2.77. The number of nitrogens with zero attached hydrogens (tertiary/aromatic N) is 2. The van der Waals surface area contributed by atoms with Crippen molar-refractivity contribution in [1.82, 2.24) is 14.5 Å². The van der Waals surface area contributed by atoms with E-state index in [1.165, 1.54) is 11.9 Å². The molecule has 0 bridgehead atoms. The van der Waals surface area contributed by atoms with Crippen LogP contribution in [-0.4, -0.2) is 14.5 Å². The zero-order valence-electron chi connectivity index (χ0n) is 9.34. The van der Waals surface area contributed by atoms with Crippen molar-refractivity contribution in [3.63, 3.8) is 0 Å². The van der Waals surface area contributed by atoms with Crippen LogP contribution in [0, 0.1) is 6.92 Å². The topological polar surface area (TPSA) is 50.7 Å². The third-order valence-corrected chi connectivity index (χ3v) is 2.77. The SMILES string of the molecule is Cc1cccc(-n2ccc3c(=O)[nH]cnc32)c1. The van der Waals surface area contributed by atoms with Crippen LogP contribution in [0.25, 0.3) is 16.7 Å². The van der Waals surface area contributed by atoms with Crippen LogP contribution in [0.3, 0.4) is 0 Å². The van der Waals surface area contributed by atoms with Gasteiger partial charge in [-0.15, -0.1) is 0 Å². The average molecular weight is 225 g/mol. The van der Waals surface area contributed by atoms with Gasteiger partial charge in [0.05, 0.1) is 11.7 Å². The Balaban J connectivity index is 2.32. The highest BCUT2D eigenvalue weighted by Crippen LogP contribution is 2.16. The largest absolute Gasteiger partial charge is 0.313 e. The Morgan fingerprint density at radius 3 is 3.00 bits per heavy atom. The van der Waals surface area contributed by atoms with E-state index in [9.17, 15) is 4.79 Å². The number of aromatic amines is 1.